The Morgan fingerprint density at radius 2 is 2.14 bits per heavy atom. The van der Waals surface area contributed by atoms with E-state index in [-0.39, 0.29) is 17.4 Å². The molecule has 1 N–H and O–H groups in total. The van der Waals surface area contributed by atoms with Crippen molar-refractivity contribution < 1.29 is 9.59 Å². The molecule has 1 saturated heterocycles. The normalized spacial score (nSPS) is 23.9. The maximum absolute atomic E-state index is 11.9. The van der Waals surface area contributed by atoms with E-state index >= 15 is 0 Å². The highest BCUT2D eigenvalue weighted by Gasteiger charge is 2.55. The molecule has 0 radical (unpaired) electrons. The lowest BCUT2D eigenvalue weighted by atomic mass is 10.0. The second-order valence-corrected chi connectivity index (χ2v) is 4.25. The molecule has 1 aliphatic heterocycles. The minimum atomic E-state index is -0.207. The van der Waals surface area contributed by atoms with Gasteiger partial charge in [-0.05, 0) is 19.3 Å². The van der Waals surface area contributed by atoms with Crippen molar-refractivity contribution in [3.05, 3.63) is 0 Å². The summed E-state index contributed by atoms with van der Waals surface area (Å²) in [5.74, 6) is 0.0506. The number of unbranched alkanes of at least 4 members (excludes halogenated alkanes) is 1. The van der Waals surface area contributed by atoms with Crippen LogP contribution in [0.2, 0.25) is 0 Å². The number of carbonyl (C=O) groups excluding carboxylic acids is 2. The summed E-state index contributed by atoms with van der Waals surface area (Å²) in [5, 5.41) is 2.79. The molecule has 14 heavy (non-hydrogen) atoms. The van der Waals surface area contributed by atoms with E-state index in [1.807, 2.05) is 0 Å². The third-order valence-corrected chi connectivity index (χ3v) is 3.11. The average molecular weight is 196 g/mol. The molecule has 78 valence electrons. The molecule has 1 heterocycles. The summed E-state index contributed by atoms with van der Waals surface area (Å²) >= 11 is 0. The van der Waals surface area contributed by atoms with Gasteiger partial charge >= 0.3 is 6.03 Å². The topological polar surface area (TPSA) is 49.4 Å². The number of nitrogens with zero attached hydrogens (tertiary/aromatic N) is 1. The van der Waals surface area contributed by atoms with Crippen LogP contribution >= 0.6 is 0 Å². The summed E-state index contributed by atoms with van der Waals surface area (Å²) in [5.41, 5.74) is -0.207. The lowest BCUT2D eigenvalue weighted by Crippen LogP contribution is -2.56. The first-order valence-corrected chi connectivity index (χ1v) is 5.29. The average Bonchev–Trinajstić information content (AvgIpc) is 2.94. The third kappa shape index (κ3) is 1.38. The molecule has 2 fully saturated rings. The van der Waals surface area contributed by atoms with Gasteiger partial charge in [-0.2, -0.15) is 0 Å². The van der Waals surface area contributed by atoms with Crippen molar-refractivity contribution in [1.29, 1.82) is 0 Å². The number of rotatable bonds is 3. The van der Waals surface area contributed by atoms with Crippen LogP contribution in [-0.4, -0.2) is 29.9 Å². The number of nitrogens with one attached hydrogen (secondary N) is 1. The first-order valence-electron chi connectivity index (χ1n) is 5.29. The lowest BCUT2D eigenvalue weighted by molar-refractivity contribution is -0.135. The molecule has 0 aromatic heterocycles. The molecule has 0 unspecified atom stereocenters. The van der Waals surface area contributed by atoms with Crippen LogP contribution in [0.3, 0.4) is 0 Å². The minimum absolute atomic E-state index is 0.0506. The lowest BCUT2D eigenvalue weighted by Gasteiger charge is -2.31. The van der Waals surface area contributed by atoms with E-state index in [1.54, 1.807) is 0 Å². The highest BCUT2D eigenvalue weighted by atomic mass is 16.2. The van der Waals surface area contributed by atoms with Gasteiger partial charge in [-0.1, -0.05) is 13.3 Å². The largest absolute Gasteiger partial charge is 0.337 e. The van der Waals surface area contributed by atoms with Gasteiger partial charge in [0.1, 0.15) is 0 Å². The number of hydrogen-bond donors (Lipinski definition) is 1. The van der Waals surface area contributed by atoms with Crippen molar-refractivity contribution in [1.82, 2.24) is 10.2 Å². The van der Waals surface area contributed by atoms with Crippen molar-refractivity contribution in [3.8, 4) is 0 Å². The fraction of sp³-hybridized carbons (Fsp3) is 0.800. The molecule has 3 amide bonds. The van der Waals surface area contributed by atoms with Gasteiger partial charge < -0.3 is 5.32 Å². The Balaban J connectivity index is 2.04. The highest BCUT2D eigenvalue weighted by Crippen LogP contribution is 2.48. The zero-order chi connectivity index (χ0) is 10.2. The van der Waals surface area contributed by atoms with Crippen molar-refractivity contribution >= 4 is 11.9 Å². The SMILES string of the molecule is CCCCN1C(=O)NCC2(CC2)C1=O. The van der Waals surface area contributed by atoms with E-state index in [4.69, 9.17) is 0 Å². The molecule has 0 atom stereocenters. The van der Waals surface area contributed by atoms with Crippen molar-refractivity contribution in [2.24, 2.45) is 5.41 Å². The van der Waals surface area contributed by atoms with Gasteiger partial charge in [0.25, 0.3) is 0 Å². The molecule has 0 bridgehead atoms. The Hall–Kier alpha value is -1.06. The number of carbonyl (C=O) groups is 2. The Kier molecular flexibility index (Phi) is 2.21. The van der Waals surface area contributed by atoms with Gasteiger partial charge in [-0.15, -0.1) is 0 Å². The Morgan fingerprint density at radius 3 is 2.71 bits per heavy atom. The maximum atomic E-state index is 11.9. The van der Waals surface area contributed by atoms with Crippen molar-refractivity contribution in [3.63, 3.8) is 0 Å². The zero-order valence-corrected chi connectivity index (χ0v) is 8.51. The summed E-state index contributed by atoms with van der Waals surface area (Å²) in [6.07, 6.45) is 3.78. The van der Waals surface area contributed by atoms with E-state index in [0.717, 1.165) is 25.7 Å². The molecule has 2 rings (SSSR count). The van der Waals surface area contributed by atoms with Crippen LogP contribution in [0.25, 0.3) is 0 Å². The number of amides is 3. The van der Waals surface area contributed by atoms with Gasteiger partial charge in [0.15, 0.2) is 0 Å². The predicted octanol–water partition coefficient (Wildman–Crippen LogP) is 1.12. The predicted molar refractivity (Wildman–Crippen MR) is 51.7 cm³/mol. The Bertz CT molecular complexity index is 271. The summed E-state index contributed by atoms with van der Waals surface area (Å²) in [4.78, 5) is 24.7. The second kappa shape index (κ2) is 3.26. The first-order chi connectivity index (χ1) is 6.69. The summed E-state index contributed by atoms with van der Waals surface area (Å²) < 4.78 is 0. The summed E-state index contributed by atoms with van der Waals surface area (Å²) in [6, 6.07) is -0.207. The highest BCUT2D eigenvalue weighted by molar-refractivity contribution is 6.01. The first kappa shape index (κ1) is 9.49. The van der Waals surface area contributed by atoms with E-state index in [0.29, 0.717) is 13.1 Å². The molecular formula is C10H16N2O2. The van der Waals surface area contributed by atoms with E-state index in [2.05, 4.69) is 12.2 Å². The molecule has 1 aliphatic carbocycles. The third-order valence-electron chi connectivity index (χ3n) is 3.11. The van der Waals surface area contributed by atoms with Gasteiger partial charge in [0, 0.05) is 13.1 Å². The standard InChI is InChI=1S/C10H16N2O2/c1-2-3-6-12-8(13)10(4-5-10)7-11-9(12)14/h2-7H2,1H3,(H,11,14). The van der Waals surface area contributed by atoms with Crippen LogP contribution < -0.4 is 5.32 Å². The maximum Gasteiger partial charge on any atom is 0.324 e. The zero-order valence-electron chi connectivity index (χ0n) is 8.51. The fourth-order valence-electron chi connectivity index (χ4n) is 1.86. The van der Waals surface area contributed by atoms with Crippen LogP contribution in [0.1, 0.15) is 32.6 Å². The van der Waals surface area contributed by atoms with Crippen LogP contribution in [0.5, 0.6) is 0 Å². The van der Waals surface area contributed by atoms with Crippen LogP contribution in [0.4, 0.5) is 4.79 Å². The molecular weight excluding hydrogens is 180 g/mol. The number of imide groups is 1. The smallest absolute Gasteiger partial charge is 0.324 e. The molecule has 2 aliphatic rings. The van der Waals surface area contributed by atoms with E-state index in [1.165, 1.54) is 4.90 Å². The molecule has 1 saturated carbocycles. The molecule has 4 heteroatoms. The molecule has 0 aromatic rings. The fourth-order valence-corrected chi connectivity index (χ4v) is 1.86. The second-order valence-electron chi connectivity index (χ2n) is 4.25. The van der Waals surface area contributed by atoms with E-state index in [9.17, 15) is 9.59 Å². The molecule has 1 spiro atoms. The van der Waals surface area contributed by atoms with Crippen LogP contribution in [0.15, 0.2) is 0 Å². The molecule has 0 aromatic carbocycles. The van der Waals surface area contributed by atoms with Crippen molar-refractivity contribution in [2.45, 2.75) is 32.6 Å². The quantitative estimate of drug-likeness (QED) is 0.735. The van der Waals surface area contributed by atoms with Crippen molar-refractivity contribution in [2.75, 3.05) is 13.1 Å². The van der Waals surface area contributed by atoms with Gasteiger partial charge in [0.05, 0.1) is 5.41 Å². The monoisotopic (exact) mass is 196 g/mol. The minimum Gasteiger partial charge on any atom is -0.337 e. The van der Waals surface area contributed by atoms with Gasteiger partial charge in [-0.3, -0.25) is 9.69 Å². The Labute approximate surface area is 83.6 Å². The summed E-state index contributed by atoms with van der Waals surface area (Å²) in [6.45, 7) is 3.18. The number of urea groups is 1. The van der Waals surface area contributed by atoms with Gasteiger partial charge in [0.2, 0.25) is 5.91 Å². The van der Waals surface area contributed by atoms with Crippen LogP contribution in [0, 0.1) is 5.41 Å². The Morgan fingerprint density at radius 1 is 1.43 bits per heavy atom. The molecule has 4 nitrogen and oxygen atoms in total. The number of hydrogen-bond acceptors (Lipinski definition) is 2. The van der Waals surface area contributed by atoms with E-state index < -0.39 is 0 Å². The summed E-state index contributed by atoms with van der Waals surface area (Å²) in [7, 11) is 0. The van der Waals surface area contributed by atoms with Crippen LogP contribution in [-0.2, 0) is 4.79 Å². The van der Waals surface area contributed by atoms with Gasteiger partial charge in [-0.25, -0.2) is 4.79 Å².